The number of aliphatic hydroxyl groups is 1. The molecule has 0 spiro atoms. The van der Waals surface area contributed by atoms with Crippen LogP contribution in [0.5, 0.6) is 0 Å². The molecule has 18 heavy (non-hydrogen) atoms. The molecule has 0 unspecified atom stereocenters. The van der Waals surface area contributed by atoms with E-state index in [1.165, 1.54) is 11.3 Å². The average Bonchev–Trinajstić information content (AvgIpc) is 2.34. The standard InChI is InChI=1S/C14H20N2O2/c1-10-7-12-8-11(14(18)15-5-6-17)3-4-13(12)16(2)9-10/h3-4,8,10,17H,5-7,9H2,1-2H3,(H,15,18)/t10-/m1/s1. The number of amides is 1. The molecule has 0 aliphatic carbocycles. The van der Waals surface area contributed by atoms with Crippen molar-refractivity contribution in [1.82, 2.24) is 5.32 Å². The van der Waals surface area contributed by atoms with E-state index < -0.39 is 0 Å². The maximum absolute atomic E-state index is 11.8. The predicted molar refractivity (Wildman–Crippen MR) is 72.0 cm³/mol. The van der Waals surface area contributed by atoms with Gasteiger partial charge < -0.3 is 15.3 Å². The molecule has 98 valence electrons. The number of hydrogen-bond acceptors (Lipinski definition) is 3. The van der Waals surface area contributed by atoms with Crippen LogP contribution in [-0.2, 0) is 6.42 Å². The van der Waals surface area contributed by atoms with Gasteiger partial charge in [0, 0.05) is 31.4 Å². The van der Waals surface area contributed by atoms with Crippen LogP contribution < -0.4 is 10.2 Å². The highest BCUT2D eigenvalue weighted by atomic mass is 16.3. The second kappa shape index (κ2) is 5.40. The molecule has 1 aliphatic heterocycles. The number of hydrogen-bond donors (Lipinski definition) is 2. The third-order valence-electron chi connectivity index (χ3n) is 3.30. The summed E-state index contributed by atoms with van der Waals surface area (Å²) in [5, 5.41) is 11.4. The highest BCUT2D eigenvalue weighted by Gasteiger charge is 2.20. The van der Waals surface area contributed by atoms with Crippen LogP contribution in [0.4, 0.5) is 5.69 Å². The minimum atomic E-state index is -0.118. The van der Waals surface area contributed by atoms with Crippen molar-refractivity contribution in [3.8, 4) is 0 Å². The molecule has 0 fully saturated rings. The third kappa shape index (κ3) is 2.64. The van der Waals surface area contributed by atoms with E-state index in [0.29, 0.717) is 18.0 Å². The normalized spacial score (nSPS) is 18.4. The minimum absolute atomic E-state index is 0.0313. The van der Waals surface area contributed by atoms with Gasteiger partial charge in [0.05, 0.1) is 6.61 Å². The van der Waals surface area contributed by atoms with Crippen LogP contribution in [0.3, 0.4) is 0 Å². The summed E-state index contributed by atoms with van der Waals surface area (Å²) in [7, 11) is 2.08. The monoisotopic (exact) mass is 248 g/mol. The number of aliphatic hydroxyl groups excluding tert-OH is 1. The Morgan fingerprint density at radius 2 is 2.33 bits per heavy atom. The number of nitrogens with zero attached hydrogens (tertiary/aromatic N) is 1. The smallest absolute Gasteiger partial charge is 0.251 e. The first-order valence-corrected chi connectivity index (χ1v) is 6.35. The average molecular weight is 248 g/mol. The Balaban J connectivity index is 2.21. The summed E-state index contributed by atoms with van der Waals surface area (Å²) < 4.78 is 0. The molecule has 1 atom stereocenters. The Hall–Kier alpha value is -1.55. The number of anilines is 1. The van der Waals surface area contributed by atoms with Gasteiger partial charge in [-0.1, -0.05) is 6.92 Å². The summed E-state index contributed by atoms with van der Waals surface area (Å²) in [6.07, 6.45) is 1.01. The van der Waals surface area contributed by atoms with Crippen molar-refractivity contribution >= 4 is 11.6 Å². The van der Waals surface area contributed by atoms with Gasteiger partial charge in [-0.25, -0.2) is 0 Å². The Bertz CT molecular complexity index is 445. The maximum atomic E-state index is 11.8. The van der Waals surface area contributed by atoms with Crippen LogP contribution in [0.1, 0.15) is 22.8 Å². The van der Waals surface area contributed by atoms with Gasteiger partial charge in [0.1, 0.15) is 0 Å². The molecule has 2 rings (SSSR count). The molecular formula is C14H20N2O2. The minimum Gasteiger partial charge on any atom is -0.395 e. The zero-order valence-electron chi connectivity index (χ0n) is 10.9. The first-order chi connectivity index (χ1) is 8.61. The largest absolute Gasteiger partial charge is 0.395 e. The van der Waals surface area contributed by atoms with Crippen LogP contribution in [0.25, 0.3) is 0 Å². The van der Waals surface area contributed by atoms with E-state index in [1.54, 1.807) is 0 Å². The van der Waals surface area contributed by atoms with E-state index in [-0.39, 0.29) is 12.5 Å². The summed E-state index contributed by atoms with van der Waals surface area (Å²) >= 11 is 0. The summed E-state index contributed by atoms with van der Waals surface area (Å²) in [6.45, 7) is 3.55. The number of carbonyl (C=O) groups is 1. The number of fused-ring (bicyclic) bond motifs is 1. The molecular weight excluding hydrogens is 228 g/mol. The molecule has 2 N–H and O–H groups in total. The zero-order chi connectivity index (χ0) is 13.1. The summed E-state index contributed by atoms with van der Waals surface area (Å²) in [4.78, 5) is 14.1. The molecule has 0 radical (unpaired) electrons. The van der Waals surface area contributed by atoms with Crippen molar-refractivity contribution in [3.63, 3.8) is 0 Å². The fraction of sp³-hybridized carbons (Fsp3) is 0.500. The molecule has 1 amide bonds. The highest BCUT2D eigenvalue weighted by Crippen LogP contribution is 2.29. The van der Waals surface area contributed by atoms with Crippen molar-refractivity contribution in [1.29, 1.82) is 0 Å². The molecule has 0 aromatic heterocycles. The number of nitrogens with one attached hydrogen (secondary N) is 1. The van der Waals surface area contributed by atoms with Gasteiger partial charge >= 0.3 is 0 Å². The van der Waals surface area contributed by atoms with Crippen LogP contribution in [0.15, 0.2) is 18.2 Å². The van der Waals surface area contributed by atoms with E-state index in [9.17, 15) is 4.79 Å². The first-order valence-electron chi connectivity index (χ1n) is 6.35. The SMILES string of the molecule is C[C@@H]1Cc2cc(C(=O)NCCO)ccc2N(C)C1. The Morgan fingerprint density at radius 3 is 3.06 bits per heavy atom. The van der Waals surface area contributed by atoms with E-state index >= 15 is 0 Å². The molecule has 0 bridgehead atoms. The Morgan fingerprint density at radius 1 is 1.56 bits per heavy atom. The topological polar surface area (TPSA) is 52.6 Å². The molecule has 1 heterocycles. The van der Waals surface area contributed by atoms with Crippen molar-refractivity contribution in [2.75, 3.05) is 31.6 Å². The third-order valence-corrected chi connectivity index (χ3v) is 3.30. The van der Waals surface area contributed by atoms with Crippen molar-refractivity contribution in [2.24, 2.45) is 5.92 Å². The lowest BCUT2D eigenvalue weighted by Crippen LogP contribution is -2.31. The fourth-order valence-electron chi connectivity index (χ4n) is 2.54. The van der Waals surface area contributed by atoms with Crippen LogP contribution in [-0.4, -0.2) is 37.8 Å². The van der Waals surface area contributed by atoms with E-state index in [2.05, 4.69) is 24.2 Å². The quantitative estimate of drug-likeness (QED) is 0.840. The summed E-state index contributed by atoms with van der Waals surface area (Å²) in [5.74, 6) is 0.492. The zero-order valence-corrected chi connectivity index (χ0v) is 10.9. The number of benzene rings is 1. The van der Waals surface area contributed by atoms with Gasteiger partial charge in [-0.05, 0) is 36.1 Å². The molecule has 4 nitrogen and oxygen atoms in total. The van der Waals surface area contributed by atoms with Gasteiger partial charge in [-0.15, -0.1) is 0 Å². The number of carbonyl (C=O) groups excluding carboxylic acids is 1. The molecule has 1 aromatic rings. The van der Waals surface area contributed by atoms with Crippen molar-refractivity contribution in [3.05, 3.63) is 29.3 Å². The Kier molecular flexibility index (Phi) is 3.87. The lowest BCUT2D eigenvalue weighted by atomic mass is 9.93. The second-order valence-electron chi connectivity index (χ2n) is 5.01. The summed E-state index contributed by atoms with van der Waals surface area (Å²) in [6, 6.07) is 5.82. The molecule has 4 heteroatoms. The molecule has 1 aliphatic rings. The molecule has 0 saturated carbocycles. The van der Waals surface area contributed by atoms with E-state index in [0.717, 1.165) is 13.0 Å². The van der Waals surface area contributed by atoms with Gasteiger partial charge in [0.2, 0.25) is 0 Å². The van der Waals surface area contributed by atoms with E-state index in [4.69, 9.17) is 5.11 Å². The van der Waals surface area contributed by atoms with Crippen molar-refractivity contribution in [2.45, 2.75) is 13.3 Å². The van der Waals surface area contributed by atoms with E-state index in [1.807, 2.05) is 18.2 Å². The van der Waals surface area contributed by atoms with Crippen LogP contribution >= 0.6 is 0 Å². The van der Waals surface area contributed by atoms with Gasteiger partial charge in [-0.3, -0.25) is 4.79 Å². The molecule has 0 saturated heterocycles. The van der Waals surface area contributed by atoms with Crippen LogP contribution in [0, 0.1) is 5.92 Å². The second-order valence-corrected chi connectivity index (χ2v) is 5.01. The van der Waals surface area contributed by atoms with Crippen molar-refractivity contribution < 1.29 is 9.90 Å². The predicted octanol–water partition coefficient (Wildman–Crippen LogP) is 1.04. The lowest BCUT2D eigenvalue weighted by Gasteiger charge is -2.32. The Labute approximate surface area is 108 Å². The van der Waals surface area contributed by atoms with Crippen LogP contribution in [0.2, 0.25) is 0 Å². The first kappa shape index (κ1) is 12.9. The highest BCUT2D eigenvalue weighted by molar-refractivity contribution is 5.95. The maximum Gasteiger partial charge on any atom is 0.251 e. The van der Waals surface area contributed by atoms with Gasteiger partial charge in [0.25, 0.3) is 5.91 Å². The molecule has 1 aromatic carbocycles. The summed E-state index contributed by atoms with van der Waals surface area (Å²) in [5.41, 5.74) is 3.12. The van der Waals surface area contributed by atoms with Gasteiger partial charge in [0.15, 0.2) is 0 Å². The fourth-order valence-corrected chi connectivity index (χ4v) is 2.54. The van der Waals surface area contributed by atoms with Gasteiger partial charge in [-0.2, -0.15) is 0 Å². The lowest BCUT2D eigenvalue weighted by molar-refractivity contribution is 0.0944. The number of rotatable bonds is 3.